The molecule has 1 saturated heterocycles. The Kier molecular flexibility index (Phi) is 6.78. The van der Waals surface area contributed by atoms with Crippen molar-refractivity contribution >= 4 is 39.2 Å². The summed E-state index contributed by atoms with van der Waals surface area (Å²) in [6.07, 6.45) is 1.98. The summed E-state index contributed by atoms with van der Waals surface area (Å²) < 4.78 is 13.8. The lowest BCUT2D eigenvalue weighted by Gasteiger charge is -2.34. The number of nitrogens with zero attached hydrogens (tertiary/aromatic N) is 4. The molecule has 2 amide bonds. The summed E-state index contributed by atoms with van der Waals surface area (Å²) in [4.78, 5) is 38.2. The summed E-state index contributed by atoms with van der Waals surface area (Å²) >= 11 is 1.22. The van der Waals surface area contributed by atoms with Crippen molar-refractivity contribution in [3.63, 3.8) is 0 Å². The number of aromatic nitrogens is 2. The van der Waals surface area contributed by atoms with Crippen LogP contribution < -0.4 is 5.32 Å². The van der Waals surface area contributed by atoms with E-state index in [-0.39, 0.29) is 17.9 Å². The summed E-state index contributed by atoms with van der Waals surface area (Å²) in [5.41, 5.74) is 2.76. The Balaban J connectivity index is 1.13. The van der Waals surface area contributed by atoms with Crippen molar-refractivity contribution in [3.05, 3.63) is 88.8 Å². The number of nitrogens with one attached hydrogen (secondary N) is 1. The molecule has 178 valence electrons. The van der Waals surface area contributed by atoms with Crippen molar-refractivity contribution < 1.29 is 14.0 Å². The second kappa shape index (κ2) is 10.3. The Labute approximate surface area is 206 Å². The molecular weight excluding hydrogens is 465 g/mol. The van der Waals surface area contributed by atoms with E-state index in [0.29, 0.717) is 23.9 Å². The van der Waals surface area contributed by atoms with Crippen molar-refractivity contribution in [3.8, 4) is 0 Å². The van der Waals surface area contributed by atoms with Crippen LogP contribution in [0.25, 0.3) is 10.9 Å². The number of piperazine rings is 1. The van der Waals surface area contributed by atoms with Crippen LogP contribution in [-0.4, -0.2) is 57.8 Å². The number of thiazole rings is 1. The van der Waals surface area contributed by atoms with Gasteiger partial charge in [0.15, 0.2) is 5.13 Å². The smallest absolute Gasteiger partial charge is 0.260 e. The number of amides is 2. The van der Waals surface area contributed by atoms with Crippen LogP contribution in [0.1, 0.15) is 21.6 Å². The van der Waals surface area contributed by atoms with Gasteiger partial charge in [-0.05, 0) is 23.8 Å². The predicted molar refractivity (Wildman–Crippen MR) is 134 cm³/mol. The van der Waals surface area contributed by atoms with E-state index in [4.69, 9.17) is 0 Å². The lowest BCUT2D eigenvalue weighted by molar-refractivity contribution is -0.132. The largest absolute Gasteiger partial charge is 0.340 e. The molecule has 0 atom stereocenters. The molecular formula is C26H24FN5O2S. The quantitative estimate of drug-likeness (QED) is 0.444. The normalized spacial score (nSPS) is 14.3. The zero-order valence-electron chi connectivity index (χ0n) is 19.0. The van der Waals surface area contributed by atoms with E-state index in [1.54, 1.807) is 11.4 Å². The Morgan fingerprint density at radius 2 is 1.80 bits per heavy atom. The number of fused-ring (bicyclic) bond motifs is 1. The van der Waals surface area contributed by atoms with Crippen LogP contribution in [0.4, 0.5) is 9.52 Å². The van der Waals surface area contributed by atoms with E-state index in [0.717, 1.165) is 30.5 Å². The summed E-state index contributed by atoms with van der Waals surface area (Å²) in [6.45, 7) is 3.68. The molecule has 1 aliphatic heterocycles. The second-order valence-corrected chi connectivity index (χ2v) is 9.26. The number of pyridine rings is 1. The minimum absolute atomic E-state index is 0.00811. The van der Waals surface area contributed by atoms with Crippen LogP contribution in [0.2, 0.25) is 0 Å². The molecule has 0 saturated carbocycles. The molecule has 1 fully saturated rings. The van der Waals surface area contributed by atoms with Crippen molar-refractivity contribution in [1.29, 1.82) is 0 Å². The maximum atomic E-state index is 13.8. The molecule has 0 aliphatic carbocycles. The van der Waals surface area contributed by atoms with E-state index in [1.165, 1.54) is 35.1 Å². The van der Waals surface area contributed by atoms with Crippen LogP contribution in [-0.2, 0) is 17.8 Å². The van der Waals surface area contributed by atoms with Gasteiger partial charge in [0, 0.05) is 49.7 Å². The summed E-state index contributed by atoms with van der Waals surface area (Å²) in [7, 11) is 0. The van der Waals surface area contributed by atoms with Crippen LogP contribution in [0.5, 0.6) is 0 Å². The number of benzene rings is 2. The summed E-state index contributed by atoms with van der Waals surface area (Å²) in [5.74, 6) is -1.14. The molecule has 5 rings (SSSR count). The number of hydrogen-bond donors (Lipinski definition) is 1. The fraction of sp³-hybridized carbons (Fsp3) is 0.231. The van der Waals surface area contributed by atoms with Crippen molar-refractivity contribution in [2.75, 3.05) is 31.5 Å². The fourth-order valence-electron chi connectivity index (χ4n) is 4.21. The summed E-state index contributed by atoms with van der Waals surface area (Å²) in [5, 5.41) is 5.83. The molecule has 0 bridgehead atoms. The van der Waals surface area contributed by atoms with Crippen LogP contribution in [0.3, 0.4) is 0 Å². The van der Waals surface area contributed by atoms with Gasteiger partial charge in [0.25, 0.3) is 5.91 Å². The first-order chi connectivity index (χ1) is 17.1. The highest BCUT2D eigenvalue weighted by atomic mass is 32.1. The highest BCUT2D eigenvalue weighted by Crippen LogP contribution is 2.20. The minimum atomic E-state index is -0.590. The van der Waals surface area contributed by atoms with Gasteiger partial charge in [-0.25, -0.2) is 9.37 Å². The number of para-hydroxylation sites is 1. The van der Waals surface area contributed by atoms with E-state index >= 15 is 0 Å². The molecule has 0 spiro atoms. The Bertz CT molecular complexity index is 1360. The fourth-order valence-corrected chi connectivity index (χ4v) is 4.92. The van der Waals surface area contributed by atoms with Crippen molar-refractivity contribution in [2.45, 2.75) is 13.0 Å². The maximum absolute atomic E-state index is 13.8. The molecule has 1 N–H and O–H groups in total. The molecule has 2 aromatic carbocycles. The molecule has 0 unspecified atom stereocenters. The number of hydrogen-bond acceptors (Lipinski definition) is 6. The zero-order valence-corrected chi connectivity index (χ0v) is 19.8. The monoisotopic (exact) mass is 489 g/mol. The van der Waals surface area contributed by atoms with Gasteiger partial charge in [0.2, 0.25) is 5.91 Å². The maximum Gasteiger partial charge on any atom is 0.260 e. The topological polar surface area (TPSA) is 78.4 Å². The first-order valence-electron chi connectivity index (χ1n) is 11.4. The molecule has 35 heavy (non-hydrogen) atoms. The molecule has 7 nitrogen and oxygen atoms in total. The molecule has 2 aromatic heterocycles. The standard InChI is InChI=1S/C26H24FN5O2S/c27-22-9-2-1-8-21(22)25(34)30-26-29-20(17-35-26)15-23(33)32-13-11-31(12-14-32)16-19-6-3-5-18-7-4-10-28-24(18)19/h1-10,17H,11-16H2,(H,29,30,34). The second-order valence-electron chi connectivity index (χ2n) is 8.40. The third-order valence-corrected chi connectivity index (χ3v) is 6.86. The number of carbonyl (C=O) groups is 2. The van der Waals surface area contributed by atoms with Gasteiger partial charge in [-0.1, -0.05) is 36.4 Å². The van der Waals surface area contributed by atoms with E-state index < -0.39 is 11.7 Å². The Hall–Kier alpha value is -3.69. The predicted octanol–water partition coefficient (Wildman–Crippen LogP) is 3.97. The van der Waals surface area contributed by atoms with Gasteiger partial charge in [-0.3, -0.25) is 24.8 Å². The lowest BCUT2D eigenvalue weighted by Crippen LogP contribution is -2.48. The average Bonchev–Trinajstić information content (AvgIpc) is 3.31. The molecule has 9 heteroatoms. The van der Waals surface area contributed by atoms with Gasteiger partial charge >= 0.3 is 0 Å². The average molecular weight is 490 g/mol. The zero-order chi connectivity index (χ0) is 24.2. The molecule has 0 radical (unpaired) electrons. The Morgan fingerprint density at radius 1 is 1.00 bits per heavy atom. The third-order valence-electron chi connectivity index (χ3n) is 6.06. The molecule has 1 aliphatic rings. The third kappa shape index (κ3) is 5.36. The number of carbonyl (C=O) groups excluding carboxylic acids is 2. The molecule has 4 aromatic rings. The minimum Gasteiger partial charge on any atom is -0.340 e. The van der Waals surface area contributed by atoms with E-state index in [2.05, 4.69) is 44.5 Å². The SMILES string of the molecule is O=C(Nc1nc(CC(=O)N2CCN(Cc3cccc4cccnc34)CC2)cs1)c1ccccc1F. The van der Waals surface area contributed by atoms with E-state index in [1.807, 2.05) is 17.2 Å². The van der Waals surface area contributed by atoms with Crippen LogP contribution in [0, 0.1) is 5.82 Å². The lowest BCUT2D eigenvalue weighted by atomic mass is 10.1. The molecule has 3 heterocycles. The highest BCUT2D eigenvalue weighted by molar-refractivity contribution is 7.14. The van der Waals surface area contributed by atoms with Crippen molar-refractivity contribution in [1.82, 2.24) is 19.8 Å². The van der Waals surface area contributed by atoms with Crippen molar-refractivity contribution in [2.24, 2.45) is 0 Å². The number of rotatable bonds is 6. The van der Waals surface area contributed by atoms with Gasteiger partial charge in [0.05, 0.1) is 23.2 Å². The van der Waals surface area contributed by atoms with Crippen LogP contribution >= 0.6 is 11.3 Å². The first kappa shape index (κ1) is 23.1. The number of anilines is 1. The van der Waals surface area contributed by atoms with Gasteiger partial charge < -0.3 is 4.90 Å². The van der Waals surface area contributed by atoms with E-state index in [9.17, 15) is 14.0 Å². The Morgan fingerprint density at radius 3 is 2.63 bits per heavy atom. The van der Waals surface area contributed by atoms with Gasteiger partial charge in [-0.15, -0.1) is 11.3 Å². The first-order valence-corrected chi connectivity index (χ1v) is 12.3. The van der Waals surface area contributed by atoms with Gasteiger partial charge in [0.1, 0.15) is 5.82 Å². The van der Waals surface area contributed by atoms with Crippen LogP contribution in [0.15, 0.2) is 66.2 Å². The summed E-state index contributed by atoms with van der Waals surface area (Å²) in [6, 6.07) is 16.0. The highest BCUT2D eigenvalue weighted by Gasteiger charge is 2.23. The number of halogens is 1. The van der Waals surface area contributed by atoms with Gasteiger partial charge in [-0.2, -0.15) is 0 Å².